The van der Waals surface area contributed by atoms with Crippen molar-refractivity contribution >= 4 is 26.7 Å². The van der Waals surface area contributed by atoms with Crippen molar-refractivity contribution in [3.8, 4) is 5.69 Å². The van der Waals surface area contributed by atoms with Gasteiger partial charge in [0, 0.05) is 51.0 Å². The third-order valence-corrected chi connectivity index (χ3v) is 7.30. The predicted molar refractivity (Wildman–Crippen MR) is 107 cm³/mol. The van der Waals surface area contributed by atoms with Crippen LogP contribution >= 0.6 is 0 Å². The van der Waals surface area contributed by atoms with E-state index in [-0.39, 0.29) is 5.25 Å². The van der Waals surface area contributed by atoms with E-state index in [0.29, 0.717) is 13.1 Å². The molecule has 0 radical (unpaired) electrons. The van der Waals surface area contributed by atoms with Crippen LogP contribution in [0.3, 0.4) is 0 Å². The summed E-state index contributed by atoms with van der Waals surface area (Å²) in [5, 5.41) is 5.31. The second-order valence-corrected chi connectivity index (χ2v) is 9.70. The zero-order valence-corrected chi connectivity index (χ0v) is 16.7. The molecule has 2 aromatic heterocycles. The van der Waals surface area contributed by atoms with Crippen molar-refractivity contribution < 1.29 is 8.42 Å². The number of sulfonamides is 1. The van der Waals surface area contributed by atoms with Gasteiger partial charge in [0.2, 0.25) is 10.0 Å². The number of aryl methyl sites for hydroxylation is 2. The van der Waals surface area contributed by atoms with E-state index in [9.17, 15) is 8.42 Å². The Kier molecular flexibility index (Phi) is 4.20. The van der Waals surface area contributed by atoms with Crippen LogP contribution < -0.4 is 4.90 Å². The summed E-state index contributed by atoms with van der Waals surface area (Å²) in [5.41, 5.74) is 4.25. The second kappa shape index (κ2) is 6.31. The number of nitrogens with zero attached hydrogens (tertiary/aromatic N) is 5. The van der Waals surface area contributed by atoms with Gasteiger partial charge in [0.15, 0.2) is 0 Å². The quantitative estimate of drug-likeness (QED) is 0.688. The summed E-state index contributed by atoms with van der Waals surface area (Å²) >= 11 is 0. The summed E-state index contributed by atoms with van der Waals surface area (Å²) in [5.74, 6) is 0.763. The van der Waals surface area contributed by atoms with Crippen LogP contribution in [0.25, 0.3) is 16.6 Å². The van der Waals surface area contributed by atoms with Gasteiger partial charge < -0.3 is 4.90 Å². The lowest BCUT2D eigenvalue weighted by atomic mass is 10.1. The lowest BCUT2D eigenvalue weighted by Crippen LogP contribution is -2.57. The van der Waals surface area contributed by atoms with Gasteiger partial charge >= 0.3 is 0 Å². The molecule has 1 saturated heterocycles. The minimum atomic E-state index is -3.22. The van der Waals surface area contributed by atoms with E-state index in [1.54, 1.807) is 20.3 Å². The topological polar surface area (TPSA) is 71.3 Å². The summed E-state index contributed by atoms with van der Waals surface area (Å²) in [7, 11) is -0.0770. The van der Waals surface area contributed by atoms with E-state index >= 15 is 0 Å². The molecule has 142 valence electrons. The van der Waals surface area contributed by atoms with Gasteiger partial charge in [-0.1, -0.05) is 18.2 Å². The average molecular weight is 385 g/mol. The Balaban J connectivity index is 1.62. The van der Waals surface area contributed by atoms with Gasteiger partial charge in [-0.3, -0.25) is 0 Å². The highest BCUT2D eigenvalue weighted by molar-refractivity contribution is 7.89. The average Bonchev–Trinajstić information content (AvgIpc) is 2.95. The molecule has 1 aliphatic heterocycles. The van der Waals surface area contributed by atoms with E-state index in [2.05, 4.69) is 31.0 Å². The van der Waals surface area contributed by atoms with Crippen molar-refractivity contribution in [3.05, 3.63) is 47.8 Å². The van der Waals surface area contributed by atoms with Crippen molar-refractivity contribution in [2.75, 3.05) is 32.1 Å². The molecule has 27 heavy (non-hydrogen) atoms. The number of fused-ring (bicyclic) bond motifs is 1. The third kappa shape index (κ3) is 2.98. The van der Waals surface area contributed by atoms with Gasteiger partial charge in [0.1, 0.15) is 11.1 Å². The molecular weight excluding hydrogens is 362 g/mol. The molecule has 3 aromatic rings. The maximum Gasteiger partial charge on any atom is 0.219 e. The van der Waals surface area contributed by atoms with Crippen molar-refractivity contribution in [3.63, 3.8) is 0 Å². The van der Waals surface area contributed by atoms with Gasteiger partial charge in [-0.2, -0.15) is 5.10 Å². The smallest absolute Gasteiger partial charge is 0.219 e. The zero-order chi connectivity index (χ0) is 19.3. The van der Waals surface area contributed by atoms with Crippen LogP contribution in [-0.2, 0) is 10.0 Å². The van der Waals surface area contributed by atoms with Crippen LogP contribution in [0.4, 0.5) is 5.82 Å². The number of pyridine rings is 1. The molecule has 3 heterocycles. The van der Waals surface area contributed by atoms with E-state index in [1.807, 2.05) is 27.9 Å². The zero-order valence-electron chi connectivity index (χ0n) is 15.9. The van der Waals surface area contributed by atoms with Gasteiger partial charge in [-0.05, 0) is 25.0 Å². The monoisotopic (exact) mass is 385 g/mol. The van der Waals surface area contributed by atoms with Gasteiger partial charge in [0.25, 0.3) is 0 Å². The first kappa shape index (κ1) is 17.9. The molecule has 0 bridgehead atoms. The van der Waals surface area contributed by atoms with E-state index in [1.165, 1.54) is 4.31 Å². The summed E-state index contributed by atoms with van der Waals surface area (Å²) < 4.78 is 27.6. The number of rotatable bonds is 4. The summed E-state index contributed by atoms with van der Waals surface area (Å²) in [4.78, 5) is 6.48. The molecule has 0 N–H and O–H groups in total. The lowest BCUT2D eigenvalue weighted by molar-refractivity contribution is 0.479. The minimum Gasteiger partial charge on any atom is -0.354 e. The molecule has 7 nitrogen and oxygen atoms in total. The fourth-order valence-electron chi connectivity index (χ4n) is 3.47. The van der Waals surface area contributed by atoms with Gasteiger partial charge in [-0.15, -0.1) is 0 Å². The second-order valence-electron chi connectivity index (χ2n) is 7.27. The van der Waals surface area contributed by atoms with Crippen molar-refractivity contribution in [2.24, 2.45) is 0 Å². The molecule has 0 amide bonds. The molecule has 1 fully saturated rings. The van der Waals surface area contributed by atoms with Crippen molar-refractivity contribution in [1.29, 1.82) is 0 Å². The summed E-state index contributed by atoms with van der Waals surface area (Å²) in [6.45, 7) is 5.06. The van der Waals surface area contributed by atoms with E-state index in [4.69, 9.17) is 5.10 Å². The predicted octanol–water partition coefficient (Wildman–Crippen LogP) is 2.12. The van der Waals surface area contributed by atoms with Crippen LogP contribution in [0.1, 0.15) is 11.1 Å². The number of aromatic nitrogens is 3. The van der Waals surface area contributed by atoms with Crippen LogP contribution in [-0.4, -0.2) is 59.9 Å². The van der Waals surface area contributed by atoms with E-state index in [0.717, 1.165) is 33.5 Å². The molecule has 1 aliphatic rings. The highest BCUT2D eigenvalue weighted by atomic mass is 32.2. The molecule has 8 heteroatoms. The van der Waals surface area contributed by atoms with Crippen molar-refractivity contribution in [1.82, 2.24) is 19.1 Å². The SMILES string of the molecule is Cc1cccc(C)c1-n1cc2cnc(N3CC(S(=O)(=O)N(C)C)C3)cc2n1. The fraction of sp³-hybridized carbons (Fsp3) is 0.368. The Morgan fingerprint density at radius 2 is 1.81 bits per heavy atom. The highest BCUT2D eigenvalue weighted by Crippen LogP contribution is 2.27. The minimum absolute atomic E-state index is 0.378. The largest absolute Gasteiger partial charge is 0.354 e. The molecule has 1 aromatic carbocycles. The third-order valence-electron chi connectivity index (χ3n) is 5.15. The Hall–Kier alpha value is -2.45. The number of anilines is 1. The highest BCUT2D eigenvalue weighted by Gasteiger charge is 2.39. The standard InChI is InChI=1S/C19H23N5O2S/c1-13-6-5-7-14(2)19(13)24-10-15-9-20-18(8-17(15)21-24)23-11-16(12-23)27(25,26)22(3)4/h5-10,16H,11-12H2,1-4H3. The molecule has 0 spiro atoms. The Morgan fingerprint density at radius 1 is 1.15 bits per heavy atom. The maximum absolute atomic E-state index is 12.2. The van der Waals surface area contributed by atoms with Gasteiger partial charge in [-0.25, -0.2) is 22.4 Å². The Bertz CT molecular complexity index is 1090. The van der Waals surface area contributed by atoms with Crippen LogP contribution in [0, 0.1) is 13.8 Å². The van der Waals surface area contributed by atoms with E-state index < -0.39 is 10.0 Å². The first-order valence-electron chi connectivity index (χ1n) is 8.85. The van der Waals surface area contributed by atoms with Crippen LogP contribution in [0.15, 0.2) is 36.7 Å². The number of benzene rings is 1. The van der Waals surface area contributed by atoms with Crippen molar-refractivity contribution in [2.45, 2.75) is 19.1 Å². The summed E-state index contributed by atoms with van der Waals surface area (Å²) in [6.07, 6.45) is 3.78. The Morgan fingerprint density at radius 3 is 2.44 bits per heavy atom. The Labute approximate surface area is 159 Å². The normalized spacial score (nSPS) is 15.5. The van der Waals surface area contributed by atoms with Gasteiger partial charge in [0.05, 0.1) is 11.2 Å². The number of para-hydroxylation sites is 1. The molecule has 0 unspecified atom stereocenters. The molecule has 0 atom stereocenters. The fourth-order valence-corrected chi connectivity index (χ4v) is 4.81. The molecule has 4 rings (SSSR count). The number of hydrogen-bond acceptors (Lipinski definition) is 5. The number of hydrogen-bond donors (Lipinski definition) is 0. The molecule has 0 aliphatic carbocycles. The van der Waals surface area contributed by atoms with Crippen LogP contribution in [0.5, 0.6) is 0 Å². The first-order valence-corrected chi connectivity index (χ1v) is 10.4. The summed E-state index contributed by atoms with van der Waals surface area (Å²) in [6, 6.07) is 8.12. The maximum atomic E-state index is 12.2. The first-order chi connectivity index (χ1) is 12.8. The molecular formula is C19H23N5O2S. The van der Waals surface area contributed by atoms with Crippen LogP contribution in [0.2, 0.25) is 0 Å². The molecule has 0 saturated carbocycles. The lowest BCUT2D eigenvalue weighted by Gasteiger charge is -2.40.